The first kappa shape index (κ1) is 23.1. The molecule has 0 aromatic heterocycles. The average Bonchev–Trinajstić information content (AvgIpc) is 2.56. The Labute approximate surface area is 163 Å². The Balaban J connectivity index is 3.16. The maximum absolute atomic E-state index is 14.7. The minimum absolute atomic E-state index is 0.131. The maximum Gasteiger partial charge on any atom is 0.408 e. The van der Waals surface area contributed by atoms with Crippen molar-refractivity contribution in [2.75, 3.05) is 0 Å². The average molecular weight is 395 g/mol. The van der Waals surface area contributed by atoms with Crippen LogP contribution in [0.5, 0.6) is 0 Å². The van der Waals surface area contributed by atoms with Crippen LogP contribution >= 0.6 is 0 Å². The van der Waals surface area contributed by atoms with E-state index in [-0.39, 0.29) is 6.42 Å². The highest BCUT2D eigenvalue weighted by atomic mass is 19.1. The van der Waals surface area contributed by atoms with E-state index in [2.05, 4.69) is 5.32 Å². The summed E-state index contributed by atoms with van der Waals surface area (Å²) in [4.78, 5) is 34.5. The summed E-state index contributed by atoms with van der Waals surface area (Å²) >= 11 is 0. The van der Waals surface area contributed by atoms with Gasteiger partial charge in [-0.2, -0.15) is 0 Å². The summed E-state index contributed by atoms with van der Waals surface area (Å²) in [5.74, 6) is -2.97. The summed E-state index contributed by atoms with van der Waals surface area (Å²) in [5.41, 5.74) is -0.0255. The van der Waals surface area contributed by atoms with E-state index in [1.165, 1.54) is 0 Å². The highest BCUT2D eigenvalue weighted by Gasteiger charge is 2.32. The van der Waals surface area contributed by atoms with Gasteiger partial charge in [0.25, 0.3) is 0 Å². The zero-order chi connectivity index (χ0) is 21.3. The van der Waals surface area contributed by atoms with Crippen LogP contribution in [0.25, 0.3) is 0 Å². The summed E-state index contributed by atoms with van der Waals surface area (Å²) in [7, 11) is 0. The van der Waals surface area contributed by atoms with Gasteiger partial charge in [0.15, 0.2) is 6.10 Å². The molecule has 0 fully saturated rings. The monoisotopic (exact) mass is 395 g/mol. The van der Waals surface area contributed by atoms with E-state index in [1.807, 2.05) is 0 Å². The molecule has 0 radical (unpaired) electrons. The van der Waals surface area contributed by atoms with Crippen molar-refractivity contribution >= 4 is 18.0 Å². The smallest absolute Gasteiger partial charge is 0.408 e. The number of amides is 1. The minimum atomic E-state index is -1.50. The molecule has 1 aromatic rings. The Morgan fingerprint density at radius 1 is 1.21 bits per heavy atom. The number of benzene rings is 1. The predicted octanol–water partition coefficient (Wildman–Crippen LogP) is 3.38. The van der Waals surface area contributed by atoms with E-state index >= 15 is 0 Å². The van der Waals surface area contributed by atoms with E-state index in [0.717, 1.165) is 18.6 Å². The number of halogens is 1. The van der Waals surface area contributed by atoms with Crippen LogP contribution in [0.4, 0.5) is 9.18 Å². The largest absolute Gasteiger partial charge is 0.481 e. The van der Waals surface area contributed by atoms with Gasteiger partial charge >= 0.3 is 18.0 Å². The fourth-order valence-corrected chi connectivity index (χ4v) is 2.37. The number of nitrogens with one attached hydrogen (secondary N) is 1. The SMILES string of the molecule is CC(=O)O[C@@H](/C(F)=C\CC(=O)O)[C@@H](Cc1ccccc1)NC(=O)OC(C)(C)C. The maximum atomic E-state index is 14.7. The highest BCUT2D eigenvalue weighted by Crippen LogP contribution is 2.19. The topological polar surface area (TPSA) is 102 Å². The summed E-state index contributed by atoms with van der Waals surface area (Å²) in [6.07, 6.45) is -1.95. The molecule has 2 atom stereocenters. The van der Waals surface area contributed by atoms with Crippen LogP contribution < -0.4 is 5.32 Å². The van der Waals surface area contributed by atoms with Crippen molar-refractivity contribution in [2.45, 2.75) is 58.3 Å². The molecular weight excluding hydrogens is 369 g/mol. The van der Waals surface area contributed by atoms with Crippen molar-refractivity contribution in [3.8, 4) is 0 Å². The van der Waals surface area contributed by atoms with Gasteiger partial charge < -0.3 is 19.9 Å². The number of esters is 1. The first-order valence-corrected chi connectivity index (χ1v) is 8.76. The van der Waals surface area contributed by atoms with E-state index in [0.29, 0.717) is 0 Å². The zero-order valence-corrected chi connectivity index (χ0v) is 16.4. The molecule has 8 heteroatoms. The van der Waals surface area contributed by atoms with E-state index in [4.69, 9.17) is 14.6 Å². The Bertz CT molecular complexity index is 711. The molecule has 0 spiro atoms. The van der Waals surface area contributed by atoms with Gasteiger partial charge in [0.1, 0.15) is 11.4 Å². The molecule has 154 valence electrons. The lowest BCUT2D eigenvalue weighted by Crippen LogP contribution is -2.48. The molecule has 1 amide bonds. The van der Waals surface area contributed by atoms with E-state index < -0.39 is 48.0 Å². The number of alkyl carbamates (subject to hydrolysis) is 1. The molecule has 0 heterocycles. The number of carbonyl (C=O) groups is 3. The van der Waals surface area contributed by atoms with E-state index in [1.54, 1.807) is 51.1 Å². The fourth-order valence-electron chi connectivity index (χ4n) is 2.37. The lowest BCUT2D eigenvalue weighted by molar-refractivity contribution is -0.146. The molecule has 0 aliphatic heterocycles. The van der Waals surface area contributed by atoms with Gasteiger partial charge in [0.2, 0.25) is 0 Å². The third kappa shape index (κ3) is 9.16. The molecule has 1 aromatic carbocycles. The standard InChI is InChI=1S/C20H26FNO6/c1-13(23)27-18(15(21)10-11-17(24)25)16(12-14-8-6-5-7-9-14)22-19(26)28-20(2,3)4/h5-10,16,18H,11-12H2,1-4H3,(H,22,26)(H,24,25)/b15-10+/t16-,18+/m1/s1. The van der Waals surface area contributed by atoms with Crippen molar-refractivity contribution in [2.24, 2.45) is 0 Å². The van der Waals surface area contributed by atoms with Gasteiger partial charge in [-0.25, -0.2) is 9.18 Å². The molecule has 0 aliphatic carbocycles. The molecular formula is C20H26FNO6. The second-order valence-electron chi connectivity index (χ2n) is 7.16. The van der Waals surface area contributed by atoms with Crippen molar-refractivity contribution in [1.29, 1.82) is 0 Å². The van der Waals surface area contributed by atoms with Crippen molar-refractivity contribution in [3.05, 3.63) is 47.8 Å². The molecule has 0 saturated heterocycles. The van der Waals surface area contributed by atoms with Gasteiger partial charge in [-0.1, -0.05) is 30.3 Å². The van der Waals surface area contributed by atoms with Gasteiger partial charge in [-0.3, -0.25) is 9.59 Å². The molecule has 7 nitrogen and oxygen atoms in total. The van der Waals surface area contributed by atoms with Crippen molar-refractivity contribution in [1.82, 2.24) is 5.32 Å². The molecule has 0 saturated carbocycles. The molecule has 28 heavy (non-hydrogen) atoms. The first-order valence-electron chi connectivity index (χ1n) is 8.76. The normalized spacial score (nSPS) is 14.0. The highest BCUT2D eigenvalue weighted by molar-refractivity contribution is 5.70. The summed E-state index contributed by atoms with van der Waals surface area (Å²) < 4.78 is 24.9. The van der Waals surface area contributed by atoms with Gasteiger partial charge in [-0.15, -0.1) is 0 Å². The summed E-state index contributed by atoms with van der Waals surface area (Å²) in [5, 5.41) is 11.3. The summed E-state index contributed by atoms with van der Waals surface area (Å²) in [6, 6.07) is 7.89. The Hall–Kier alpha value is -2.90. The molecule has 0 unspecified atom stereocenters. The summed E-state index contributed by atoms with van der Waals surface area (Å²) in [6.45, 7) is 6.13. The van der Waals surface area contributed by atoms with Crippen LogP contribution in [0.1, 0.15) is 39.7 Å². The number of hydrogen-bond acceptors (Lipinski definition) is 5. The Morgan fingerprint density at radius 2 is 1.82 bits per heavy atom. The van der Waals surface area contributed by atoms with Crippen molar-refractivity contribution < 1.29 is 33.4 Å². The van der Waals surface area contributed by atoms with Crippen LogP contribution in [-0.4, -0.2) is 40.9 Å². The van der Waals surface area contributed by atoms with Crippen LogP contribution in [0.2, 0.25) is 0 Å². The van der Waals surface area contributed by atoms with Crippen LogP contribution in [0.15, 0.2) is 42.2 Å². The molecule has 0 bridgehead atoms. The quantitative estimate of drug-likeness (QED) is 0.654. The second-order valence-corrected chi connectivity index (χ2v) is 7.16. The molecule has 2 N–H and O–H groups in total. The van der Waals surface area contributed by atoms with Crippen molar-refractivity contribution in [3.63, 3.8) is 0 Å². The first-order chi connectivity index (χ1) is 13.0. The number of aliphatic carboxylic acids is 1. The predicted molar refractivity (Wildman–Crippen MR) is 100 cm³/mol. The molecule has 1 rings (SSSR count). The number of hydrogen-bond donors (Lipinski definition) is 2. The third-order valence-corrected chi connectivity index (χ3v) is 3.40. The molecule has 0 aliphatic rings. The van der Waals surface area contributed by atoms with Gasteiger partial charge in [-0.05, 0) is 38.8 Å². The number of rotatable bonds is 8. The van der Waals surface area contributed by atoms with Gasteiger partial charge in [0.05, 0.1) is 12.5 Å². The lowest BCUT2D eigenvalue weighted by atomic mass is 9.99. The Kier molecular flexibility index (Phi) is 8.63. The Morgan fingerprint density at radius 3 is 2.32 bits per heavy atom. The number of carboxylic acid groups (broad SMARTS) is 1. The van der Waals surface area contributed by atoms with Gasteiger partial charge in [0, 0.05) is 6.92 Å². The number of carboxylic acids is 1. The minimum Gasteiger partial charge on any atom is -0.481 e. The number of ether oxygens (including phenoxy) is 2. The van der Waals surface area contributed by atoms with E-state index in [9.17, 15) is 18.8 Å². The third-order valence-electron chi connectivity index (χ3n) is 3.40. The number of carbonyl (C=O) groups excluding carboxylic acids is 2. The lowest BCUT2D eigenvalue weighted by Gasteiger charge is -2.28. The fraction of sp³-hybridized carbons (Fsp3) is 0.450. The van der Waals surface area contributed by atoms with Crippen LogP contribution in [0.3, 0.4) is 0 Å². The second kappa shape index (κ2) is 10.4. The van der Waals surface area contributed by atoms with Crippen LogP contribution in [-0.2, 0) is 25.5 Å². The zero-order valence-electron chi connectivity index (χ0n) is 16.4. The van der Waals surface area contributed by atoms with Crippen LogP contribution in [0, 0.1) is 0 Å².